The van der Waals surface area contributed by atoms with Crippen molar-refractivity contribution in [3.63, 3.8) is 0 Å². The van der Waals surface area contributed by atoms with Gasteiger partial charge in [0.15, 0.2) is 6.61 Å². The topological polar surface area (TPSA) is 93.7 Å². The van der Waals surface area contributed by atoms with Crippen LogP contribution in [0.1, 0.15) is 6.92 Å². The van der Waals surface area contributed by atoms with Gasteiger partial charge in [0, 0.05) is 5.69 Å². The SMILES string of the molecule is CCOc1ccccc1NC(=O)COc1ccc(S(=O)(=O)Nc2ccc(F)cc2)cc1. The molecule has 31 heavy (non-hydrogen) atoms. The molecule has 3 aromatic rings. The van der Waals surface area contributed by atoms with Gasteiger partial charge in [0.1, 0.15) is 17.3 Å². The summed E-state index contributed by atoms with van der Waals surface area (Å²) in [6, 6.07) is 17.6. The van der Waals surface area contributed by atoms with Gasteiger partial charge in [0.25, 0.3) is 15.9 Å². The molecule has 3 aromatic carbocycles. The first-order valence-electron chi connectivity index (χ1n) is 9.40. The predicted molar refractivity (Wildman–Crippen MR) is 115 cm³/mol. The summed E-state index contributed by atoms with van der Waals surface area (Å²) in [6.07, 6.45) is 0. The number of para-hydroxylation sites is 2. The van der Waals surface area contributed by atoms with Crippen LogP contribution < -0.4 is 19.5 Å². The van der Waals surface area contributed by atoms with E-state index < -0.39 is 15.8 Å². The summed E-state index contributed by atoms with van der Waals surface area (Å²) in [6.45, 7) is 2.05. The normalized spacial score (nSPS) is 10.9. The molecule has 9 heteroatoms. The van der Waals surface area contributed by atoms with Gasteiger partial charge in [-0.1, -0.05) is 12.1 Å². The second-order valence-corrected chi connectivity index (χ2v) is 8.03. The van der Waals surface area contributed by atoms with E-state index in [4.69, 9.17) is 9.47 Å². The predicted octanol–water partition coefficient (Wildman–Crippen LogP) is 4.04. The lowest BCUT2D eigenvalue weighted by Gasteiger charge is -2.12. The Morgan fingerprint density at radius 3 is 2.29 bits per heavy atom. The zero-order chi connectivity index (χ0) is 22.3. The Bertz CT molecular complexity index is 1130. The molecule has 0 saturated carbocycles. The van der Waals surface area contributed by atoms with Crippen molar-refractivity contribution in [1.82, 2.24) is 0 Å². The first-order chi connectivity index (χ1) is 14.9. The number of ether oxygens (including phenoxy) is 2. The largest absolute Gasteiger partial charge is 0.492 e. The van der Waals surface area contributed by atoms with E-state index in [1.54, 1.807) is 24.3 Å². The molecular formula is C22H21FN2O5S. The summed E-state index contributed by atoms with van der Waals surface area (Å²) in [7, 11) is -3.85. The Morgan fingerprint density at radius 1 is 0.935 bits per heavy atom. The van der Waals surface area contributed by atoms with Crippen LogP contribution in [0.4, 0.5) is 15.8 Å². The molecule has 0 fully saturated rings. The van der Waals surface area contributed by atoms with Crippen LogP contribution in [0.5, 0.6) is 11.5 Å². The summed E-state index contributed by atoms with van der Waals surface area (Å²) in [5, 5.41) is 2.71. The Labute approximate surface area is 179 Å². The summed E-state index contributed by atoms with van der Waals surface area (Å²) in [5.41, 5.74) is 0.775. The van der Waals surface area contributed by atoms with Crippen LogP contribution in [0.25, 0.3) is 0 Å². The smallest absolute Gasteiger partial charge is 0.262 e. The van der Waals surface area contributed by atoms with Crippen molar-refractivity contribution in [1.29, 1.82) is 0 Å². The number of carbonyl (C=O) groups is 1. The summed E-state index contributed by atoms with van der Waals surface area (Å²) >= 11 is 0. The van der Waals surface area contributed by atoms with Gasteiger partial charge >= 0.3 is 0 Å². The zero-order valence-corrected chi connectivity index (χ0v) is 17.5. The van der Waals surface area contributed by atoms with Gasteiger partial charge in [-0.2, -0.15) is 0 Å². The molecule has 162 valence electrons. The average molecular weight is 444 g/mol. The Hall–Kier alpha value is -3.59. The maximum Gasteiger partial charge on any atom is 0.262 e. The Balaban J connectivity index is 1.58. The average Bonchev–Trinajstić information content (AvgIpc) is 2.76. The van der Waals surface area contributed by atoms with E-state index in [0.29, 0.717) is 23.8 Å². The third kappa shape index (κ3) is 6.19. The highest BCUT2D eigenvalue weighted by Crippen LogP contribution is 2.24. The minimum absolute atomic E-state index is 0.000678. The molecule has 0 aromatic heterocycles. The molecule has 0 aliphatic carbocycles. The quantitative estimate of drug-likeness (QED) is 0.520. The van der Waals surface area contributed by atoms with Gasteiger partial charge in [-0.15, -0.1) is 0 Å². The third-order valence-electron chi connectivity index (χ3n) is 4.06. The molecule has 0 radical (unpaired) electrons. The number of rotatable bonds is 9. The summed E-state index contributed by atoms with van der Waals surface area (Å²) < 4.78 is 51.1. The van der Waals surface area contributed by atoms with Crippen LogP contribution >= 0.6 is 0 Å². The van der Waals surface area contributed by atoms with Crippen molar-refractivity contribution in [3.05, 3.63) is 78.6 Å². The number of anilines is 2. The van der Waals surface area contributed by atoms with E-state index >= 15 is 0 Å². The van der Waals surface area contributed by atoms with Crippen molar-refractivity contribution in [3.8, 4) is 11.5 Å². The minimum Gasteiger partial charge on any atom is -0.492 e. The lowest BCUT2D eigenvalue weighted by molar-refractivity contribution is -0.118. The number of benzene rings is 3. The van der Waals surface area contributed by atoms with E-state index in [1.165, 1.54) is 36.4 Å². The molecule has 0 spiro atoms. The van der Waals surface area contributed by atoms with Crippen LogP contribution in [-0.4, -0.2) is 27.5 Å². The molecule has 2 N–H and O–H groups in total. The maximum atomic E-state index is 13.0. The van der Waals surface area contributed by atoms with Crippen molar-refractivity contribution < 1.29 is 27.1 Å². The maximum absolute atomic E-state index is 13.0. The molecule has 0 aliphatic heterocycles. The summed E-state index contributed by atoms with van der Waals surface area (Å²) in [5.74, 6) is 0.0345. The monoisotopic (exact) mass is 444 g/mol. The molecule has 0 atom stereocenters. The molecule has 7 nitrogen and oxygen atoms in total. The minimum atomic E-state index is -3.85. The van der Waals surface area contributed by atoms with Crippen molar-refractivity contribution in [2.45, 2.75) is 11.8 Å². The first kappa shape index (κ1) is 22.1. The Morgan fingerprint density at radius 2 is 1.61 bits per heavy atom. The molecule has 0 heterocycles. The number of halogens is 1. The lowest BCUT2D eigenvalue weighted by Crippen LogP contribution is -2.20. The fraction of sp³-hybridized carbons (Fsp3) is 0.136. The number of amides is 1. The van der Waals surface area contributed by atoms with Gasteiger partial charge in [0.2, 0.25) is 0 Å². The summed E-state index contributed by atoms with van der Waals surface area (Å²) in [4.78, 5) is 12.2. The number of hydrogen-bond acceptors (Lipinski definition) is 5. The van der Waals surface area contributed by atoms with Crippen LogP contribution in [-0.2, 0) is 14.8 Å². The molecule has 0 bridgehead atoms. The molecule has 0 aliphatic rings. The van der Waals surface area contributed by atoms with E-state index in [9.17, 15) is 17.6 Å². The number of nitrogens with one attached hydrogen (secondary N) is 2. The molecular weight excluding hydrogens is 423 g/mol. The molecule has 0 saturated heterocycles. The Kier molecular flexibility index (Phi) is 7.09. The van der Waals surface area contributed by atoms with Crippen molar-refractivity contribution in [2.24, 2.45) is 0 Å². The van der Waals surface area contributed by atoms with E-state index in [1.807, 2.05) is 6.92 Å². The van der Waals surface area contributed by atoms with Gasteiger partial charge < -0.3 is 14.8 Å². The fourth-order valence-electron chi connectivity index (χ4n) is 2.63. The second-order valence-electron chi connectivity index (χ2n) is 6.35. The highest BCUT2D eigenvalue weighted by Gasteiger charge is 2.15. The van der Waals surface area contributed by atoms with Crippen LogP contribution in [0.2, 0.25) is 0 Å². The number of hydrogen-bond donors (Lipinski definition) is 2. The van der Waals surface area contributed by atoms with Gasteiger partial charge in [-0.05, 0) is 67.6 Å². The first-order valence-corrected chi connectivity index (χ1v) is 10.9. The van der Waals surface area contributed by atoms with Crippen LogP contribution in [0.3, 0.4) is 0 Å². The highest BCUT2D eigenvalue weighted by atomic mass is 32.2. The van der Waals surface area contributed by atoms with E-state index in [0.717, 1.165) is 12.1 Å². The number of carbonyl (C=O) groups excluding carboxylic acids is 1. The van der Waals surface area contributed by atoms with Gasteiger partial charge in [-0.25, -0.2) is 12.8 Å². The molecule has 3 rings (SSSR count). The standard InChI is InChI=1S/C22H21FN2O5S/c1-2-29-21-6-4-3-5-20(21)24-22(26)15-30-18-11-13-19(14-12-18)31(27,28)25-17-9-7-16(23)8-10-17/h3-14,25H,2,15H2,1H3,(H,24,26). The fourth-order valence-corrected chi connectivity index (χ4v) is 3.69. The van der Waals surface area contributed by atoms with Crippen LogP contribution in [0.15, 0.2) is 77.7 Å². The van der Waals surface area contributed by atoms with Crippen LogP contribution in [0, 0.1) is 5.82 Å². The zero-order valence-electron chi connectivity index (χ0n) is 16.7. The third-order valence-corrected chi connectivity index (χ3v) is 5.46. The molecule has 1 amide bonds. The number of sulfonamides is 1. The van der Waals surface area contributed by atoms with E-state index in [2.05, 4.69) is 10.0 Å². The van der Waals surface area contributed by atoms with Gasteiger partial charge in [-0.3, -0.25) is 9.52 Å². The highest BCUT2D eigenvalue weighted by molar-refractivity contribution is 7.92. The van der Waals surface area contributed by atoms with Gasteiger partial charge in [0.05, 0.1) is 17.2 Å². The lowest BCUT2D eigenvalue weighted by atomic mass is 10.3. The second kappa shape index (κ2) is 9.94. The molecule has 0 unspecified atom stereocenters. The van der Waals surface area contributed by atoms with Crippen molar-refractivity contribution >= 4 is 27.3 Å². The van der Waals surface area contributed by atoms with E-state index in [-0.39, 0.29) is 23.1 Å². The van der Waals surface area contributed by atoms with Crippen molar-refractivity contribution in [2.75, 3.05) is 23.3 Å².